The summed E-state index contributed by atoms with van der Waals surface area (Å²) in [5.41, 5.74) is 10.4. The van der Waals surface area contributed by atoms with E-state index in [2.05, 4.69) is 32.2 Å². The average Bonchev–Trinajstić information content (AvgIpc) is 2.26. The second-order valence-corrected chi connectivity index (χ2v) is 5.37. The van der Waals surface area contributed by atoms with Crippen LogP contribution in [0, 0.1) is 13.8 Å². The molecule has 1 saturated heterocycles. The lowest BCUT2D eigenvalue weighted by molar-refractivity contribution is 0.0540. The summed E-state index contributed by atoms with van der Waals surface area (Å²) in [6.45, 7) is 8.01. The van der Waals surface area contributed by atoms with E-state index >= 15 is 0 Å². The standard InChI is InChI=1S/C14H22N2O/c1-10-7-12(15)13(8-11(10)2)16-14(3)5-4-6-17-9-14/h7-8,16H,4-6,9,15H2,1-3H3. The molecule has 0 bridgehead atoms. The summed E-state index contributed by atoms with van der Waals surface area (Å²) in [7, 11) is 0. The number of benzene rings is 1. The highest BCUT2D eigenvalue weighted by Crippen LogP contribution is 2.29. The number of nitrogens with two attached hydrogens (primary N) is 1. The van der Waals surface area contributed by atoms with E-state index in [0.717, 1.165) is 37.4 Å². The Morgan fingerprint density at radius 2 is 2.00 bits per heavy atom. The van der Waals surface area contributed by atoms with Gasteiger partial charge in [-0.3, -0.25) is 0 Å². The molecule has 1 fully saturated rings. The first-order valence-corrected chi connectivity index (χ1v) is 6.23. The second-order valence-electron chi connectivity index (χ2n) is 5.37. The highest BCUT2D eigenvalue weighted by molar-refractivity contribution is 5.69. The van der Waals surface area contributed by atoms with Gasteiger partial charge in [0.25, 0.3) is 0 Å². The van der Waals surface area contributed by atoms with E-state index in [1.165, 1.54) is 11.1 Å². The summed E-state index contributed by atoms with van der Waals surface area (Å²) < 4.78 is 5.55. The van der Waals surface area contributed by atoms with Crippen molar-refractivity contribution in [3.05, 3.63) is 23.3 Å². The molecular weight excluding hydrogens is 212 g/mol. The molecule has 1 aromatic carbocycles. The molecule has 0 aliphatic carbocycles. The van der Waals surface area contributed by atoms with E-state index in [1.807, 2.05) is 6.07 Å². The number of ether oxygens (including phenoxy) is 1. The molecule has 94 valence electrons. The van der Waals surface area contributed by atoms with Crippen LogP contribution in [-0.2, 0) is 4.74 Å². The average molecular weight is 234 g/mol. The highest BCUT2D eigenvalue weighted by Gasteiger charge is 2.27. The van der Waals surface area contributed by atoms with Gasteiger partial charge in [0, 0.05) is 6.61 Å². The SMILES string of the molecule is Cc1cc(N)c(NC2(C)CCCOC2)cc1C. The van der Waals surface area contributed by atoms with Crippen molar-refractivity contribution < 1.29 is 4.74 Å². The zero-order chi connectivity index (χ0) is 12.5. The molecule has 2 rings (SSSR count). The van der Waals surface area contributed by atoms with Gasteiger partial charge in [0.05, 0.1) is 23.5 Å². The molecule has 1 aliphatic rings. The van der Waals surface area contributed by atoms with Crippen LogP contribution in [0.4, 0.5) is 11.4 Å². The Balaban J connectivity index is 2.20. The molecule has 1 aliphatic heterocycles. The van der Waals surface area contributed by atoms with Gasteiger partial charge in [-0.05, 0) is 56.9 Å². The minimum atomic E-state index is 0.00800. The molecular formula is C14H22N2O. The van der Waals surface area contributed by atoms with Gasteiger partial charge >= 0.3 is 0 Å². The van der Waals surface area contributed by atoms with Crippen LogP contribution in [0.25, 0.3) is 0 Å². The fraction of sp³-hybridized carbons (Fsp3) is 0.571. The van der Waals surface area contributed by atoms with Crippen LogP contribution in [-0.4, -0.2) is 18.8 Å². The molecule has 3 N–H and O–H groups in total. The smallest absolute Gasteiger partial charge is 0.0693 e. The highest BCUT2D eigenvalue weighted by atomic mass is 16.5. The van der Waals surface area contributed by atoms with Gasteiger partial charge in [0.2, 0.25) is 0 Å². The number of nitrogen functional groups attached to an aromatic ring is 1. The summed E-state index contributed by atoms with van der Waals surface area (Å²) in [6.07, 6.45) is 2.23. The van der Waals surface area contributed by atoms with Crippen molar-refractivity contribution in [2.45, 2.75) is 39.2 Å². The molecule has 1 atom stereocenters. The van der Waals surface area contributed by atoms with Crippen molar-refractivity contribution in [1.29, 1.82) is 0 Å². The molecule has 0 saturated carbocycles. The normalized spacial score (nSPS) is 24.6. The number of nitrogens with one attached hydrogen (secondary N) is 1. The lowest BCUT2D eigenvalue weighted by atomic mass is 9.94. The monoisotopic (exact) mass is 234 g/mol. The zero-order valence-corrected chi connectivity index (χ0v) is 11.0. The number of anilines is 2. The molecule has 1 heterocycles. The van der Waals surface area contributed by atoms with Gasteiger partial charge in [-0.25, -0.2) is 0 Å². The van der Waals surface area contributed by atoms with Crippen molar-refractivity contribution in [2.24, 2.45) is 0 Å². The van der Waals surface area contributed by atoms with Crippen molar-refractivity contribution in [2.75, 3.05) is 24.3 Å². The maximum absolute atomic E-state index is 6.06. The van der Waals surface area contributed by atoms with E-state index in [4.69, 9.17) is 10.5 Å². The molecule has 1 aromatic rings. The van der Waals surface area contributed by atoms with Crippen molar-refractivity contribution >= 4 is 11.4 Å². The maximum Gasteiger partial charge on any atom is 0.0693 e. The van der Waals surface area contributed by atoms with Crippen LogP contribution >= 0.6 is 0 Å². The third-order valence-electron chi connectivity index (χ3n) is 3.54. The van der Waals surface area contributed by atoms with E-state index in [0.29, 0.717) is 0 Å². The quantitative estimate of drug-likeness (QED) is 0.773. The summed E-state index contributed by atoms with van der Waals surface area (Å²) in [5.74, 6) is 0. The first-order valence-electron chi connectivity index (χ1n) is 6.23. The van der Waals surface area contributed by atoms with E-state index in [-0.39, 0.29) is 5.54 Å². The Hall–Kier alpha value is -1.22. The lowest BCUT2D eigenvalue weighted by Gasteiger charge is -2.35. The van der Waals surface area contributed by atoms with Gasteiger partial charge in [0.1, 0.15) is 0 Å². The van der Waals surface area contributed by atoms with Gasteiger partial charge in [-0.1, -0.05) is 0 Å². The van der Waals surface area contributed by atoms with Gasteiger partial charge < -0.3 is 15.8 Å². The summed E-state index contributed by atoms with van der Waals surface area (Å²) in [5, 5.41) is 3.54. The first-order chi connectivity index (χ1) is 8.00. The number of rotatable bonds is 2. The van der Waals surface area contributed by atoms with Crippen molar-refractivity contribution in [1.82, 2.24) is 0 Å². The molecule has 3 nitrogen and oxygen atoms in total. The van der Waals surface area contributed by atoms with E-state index in [9.17, 15) is 0 Å². The zero-order valence-electron chi connectivity index (χ0n) is 11.0. The van der Waals surface area contributed by atoms with Gasteiger partial charge in [-0.2, -0.15) is 0 Å². The van der Waals surface area contributed by atoms with Crippen LogP contribution in [0.3, 0.4) is 0 Å². The number of hydrogen-bond donors (Lipinski definition) is 2. The molecule has 1 unspecified atom stereocenters. The Morgan fingerprint density at radius 3 is 2.65 bits per heavy atom. The van der Waals surface area contributed by atoms with Crippen LogP contribution in [0.2, 0.25) is 0 Å². The first kappa shape index (κ1) is 12.2. The molecule has 0 amide bonds. The Morgan fingerprint density at radius 1 is 1.29 bits per heavy atom. The number of aryl methyl sites for hydroxylation is 2. The third kappa shape index (κ3) is 2.72. The second kappa shape index (κ2) is 4.57. The Bertz CT molecular complexity index is 409. The predicted molar refractivity (Wildman–Crippen MR) is 72.4 cm³/mol. The molecule has 0 radical (unpaired) electrons. The van der Waals surface area contributed by atoms with Crippen LogP contribution in [0.15, 0.2) is 12.1 Å². The summed E-state index contributed by atoms with van der Waals surface area (Å²) >= 11 is 0. The van der Waals surface area contributed by atoms with E-state index < -0.39 is 0 Å². The number of hydrogen-bond acceptors (Lipinski definition) is 3. The van der Waals surface area contributed by atoms with Crippen LogP contribution in [0.1, 0.15) is 30.9 Å². The molecule has 0 aromatic heterocycles. The van der Waals surface area contributed by atoms with Crippen LogP contribution < -0.4 is 11.1 Å². The molecule has 3 heteroatoms. The maximum atomic E-state index is 6.06. The summed E-state index contributed by atoms with van der Waals surface area (Å²) in [4.78, 5) is 0. The molecule has 17 heavy (non-hydrogen) atoms. The minimum absolute atomic E-state index is 0.00800. The predicted octanol–water partition coefficient (Wildman–Crippen LogP) is 2.87. The molecule has 0 spiro atoms. The van der Waals surface area contributed by atoms with Crippen LogP contribution in [0.5, 0.6) is 0 Å². The minimum Gasteiger partial charge on any atom is -0.397 e. The largest absolute Gasteiger partial charge is 0.397 e. The fourth-order valence-corrected chi connectivity index (χ4v) is 2.30. The van der Waals surface area contributed by atoms with E-state index in [1.54, 1.807) is 0 Å². The topological polar surface area (TPSA) is 47.3 Å². The fourth-order valence-electron chi connectivity index (χ4n) is 2.30. The van der Waals surface area contributed by atoms with Crippen molar-refractivity contribution in [3.63, 3.8) is 0 Å². The van der Waals surface area contributed by atoms with Gasteiger partial charge in [-0.15, -0.1) is 0 Å². The Labute approximate surface area is 103 Å². The Kier molecular flexibility index (Phi) is 3.29. The van der Waals surface area contributed by atoms with Gasteiger partial charge in [0.15, 0.2) is 0 Å². The third-order valence-corrected chi connectivity index (χ3v) is 3.54. The summed E-state index contributed by atoms with van der Waals surface area (Å²) in [6, 6.07) is 4.16. The lowest BCUT2D eigenvalue weighted by Crippen LogP contribution is -2.43. The van der Waals surface area contributed by atoms with Crippen molar-refractivity contribution in [3.8, 4) is 0 Å².